The Morgan fingerprint density at radius 2 is 1.60 bits per heavy atom. The zero-order valence-corrected chi connectivity index (χ0v) is 17.0. The minimum Gasteiger partial charge on any atom is -0.486 e. The van der Waals surface area contributed by atoms with Crippen LogP contribution in [0.15, 0.2) is 71.6 Å². The summed E-state index contributed by atoms with van der Waals surface area (Å²) in [6, 6.07) is 18.1. The number of rotatable bonds is 5. The van der Waals surface area contributed by atoms with E-state index in [0.29, 0.717) is 41.7 Å². The van der Waals surface area contributed by atoms with E-state index in [1.165, 1.54) is 12.1 Å². The molecule has 2 N–H and O–H groups in total. The predicted octanol–water partition coefficient (Wildman–Crippen LogP) is 3.82. The van der Waals surface area contributed by atoms with E-state index in [0.717, 1.165) is 5.56 Å². The third-order valence-corrected chi connectivity index (χ3v) is 5.88. The van der Waals surface area contributed by atoms with Gasteiger partial charge in [0.05, 0.1) is 4.90 Å². The first-order valence-corrected chi connectivity index (χ1v) is 10.8. The van der Waals surface area contributed by atoms with Crippen LogP contribution in [0, 0.1) is 6.92 Å². The number of ether oxygens (including phenoxy) is 2. The lowest BCUT2D eigenvalue weighted by molar-refractivity contribution is 0.102. The Labute approximate surface area is 174 Å². The molecule has 0 radical (unpaired) electrons. The van der Waals surface area contributed by atoms with Crippen molar-refractivity contribution in [1.82, 2.24) is 0 Å². The SMILES string of the molecule is Cc1cccc(NC(=O)c2ccc(NS(=O)(=O)c3ccc4c(c3)OCCO4)cc2)c1. The number of carbonyl (C=O) groups excluding carboxylic acids is 1. The fraction of sp³-hybridized carbons (Fsp3) is 0.136. The number of sulfonamides is 1. The first kappa shape index (κ1) is 19.8. The Kier molecular flexibility index (Phi) is 5.33. The molecule has 0 bridgehead atoms. The van der Waals surface area contributed by atoms with E-state index in [4.69, 9.17) is 9.47 Å². The fourth-order valence-electron chi connectivity index (χ4n) is 3.02. The number of carbonyl (C=O) groups is 1. The molecule has 0 unspecified atom stereocenters. The van der Waals surface area contributed by atoms with Crippen molar-refractivity contribution < 1.29 is 22.7 Å². The average molecular weight is 424 g/mol. The first-order chi connectivity index (χ1) is 14.4. The van der Waals surface area contributed by atoms with E-state index in [2.05, 4.69) is 10.0 Å². The van der Waals surface area contributed by atoms with Crippen LogP contribution in [0.1, 0.15) is 15.9 Å². The van der Waals surface area contributed by atoms with Crippen molar-refractivity contribution in [2.75, 3.05) is 23.3 Å². The number of amides is 1. The van der Waals surface area contributed by atoms with Crippen molar-refractivity contribution in [2.24, 2.45) is 0 Å². The lowest BCUT2D eigenvalue weighted by Crippen LogP contribution is -2.17. The number of anilines is 2. The number of nitrogens with one attached hydrogen (secondary N) is 2. The Bertz CT molecular complexity index is 1190. The topological polar surface area (TPSA) is 93.7 Å². The van der Waals surface area contributed by atoms with Crippen molar-refractivity contribution in [2.45, 2.75) is 11.8 Å². The third-order valence-electron chi connectivity index (χ3n) is 4.50. The second-order valence-corrected chi connectivity index (χ2v) is 8.49. The molecule has 0 aliphatic carbocycles. The largest absolute Gasteiger partial charge is 0.486 e. The van der Waals surface area contributed by atoms with Crippen molar-refractivity contribution in [3.05, 3.63) is 77.9 Å². The van der Waals surface area contributed by atoms with Crippen LogP contribution in [0.25, 0.3) is 0 Å². The van der Waals surface area contributed by atoms with Crippen molar-refractivity contribution in [1.29, 1.82) is 0 Å². The second kappa shape index (κ2) is 8.08. The van der Waals surface area contributed by atoms with Crippen molar-refractivity contribution >= 4 is 27.3 Å². The van der Waals surface area contributed by atoms with Crippen LogP contribution < -0.4 is 19.5 Å². The van der Waals surface area contributed by atoms with Gasteiger partial charge in [-0.1, -0.05) is 12.1 Å². The Balaban J connectivity index is 1.47. The molecule has 0 saturated heterocycles. The van der Waals surface area contributed by atoms with Gasteiger partial charge in [0.1, 0.15) is 13.2 Å². The molecule has 8 heteroatoms. The van der Waals surface area contributed by atoms with Crippen LogP contribution in [0.3, 0.4) is 0 Å². The summed E-state index contributed by atoms with van der Waals surface area (Å²) < 4.78 is 38.8. The maximum atomic E-state index is 12.7. The molecule has 7 nitrogen and oxygen atoms in total. The molecule has 1 heterocycles. The molecule has 1 aliphatic heterocycles. The van der Waals surface area contributed by atoms with Crippen LogP contribution in [-0.4, -0.2) is 27.5 Å². The summed E-state index contributed by atoms with van der Waals surface area (Å²) in [5.41, 5.74) is 2.50. The van der Waals surface area contributed by atoms with Crippen molar-refractivity contribution in [3.63, 3.8) is 0 Å². The number of aryl methyl sites for hydroxylation is 1. The smallest absolute Gasteiger partial charge is 0.262 e. The highest BCUT2D eigenvalue weighted by molar-refractivity contribution is 7.92. The summed E-state index contributed by atoms with van der Waals surface area (Å²) >= 11 is 0. The zero-order valence-electron chi connectivity index (χ0n) is 16.2. The van der Waals surface area contributed by atoms with Crippen molar-refractivity contribution in [3.8, 4) is 11.5 Å². The van der Waals surface area contributed by atoms with Gasteiger partial charge in [0.15, 0.2) is 11.5 Å². The Morgan fingerprint density at radius 3 is 2.33 bits per heavy atom. The quantitative estimate of drug-likeness (QED) is 0.649. The summed E-state index contributed by atoms with van der Waals surface area (Å²) in [5, 5.41) is 2.82. The van der Waals surface area contributed by atoms with Gasteiger partial charge < -0.3 is 14.8 Å². The van der Waals surface area contributed by atoms with Crippen LogP contribution in [0.5, 0.6) is 11.5 Å². The van der Waals surface area contributed by atoms with E-state index < -0.39 is 10.0 Å². The molecular formula is C22H20N2O5S. The maximum Gasteiger partial charge on any atom is 0.262 e. The van der Waals surface area contributed by atoms with E-state index in [1.807, 2.05) is 25.1 Å². The van der Waals surface area contributed by atoms with Crippen LogP contribution >= 0.6 is 0 Å². The number of hydrogen-bond donors (Lipinski definition) is 2. The Morgan fingerprint density at radius 1 is 0.867 bits per heavy atom. The number of fused-ring (bicyclic) bond motifs is 1. The molecule has 0 atom stereocenters. The minimum absolute atomic E-state index is 0.0630. The van der Waals surface area contributed by atoms with Gasteiger partial charge in [0, 0.05) is 23.0 Å². The van der Waals surface area contributed by atoms with Gasteiger partial charge >= 0.3 is 0 Å². The average Bonchev–Trinajstić information content (AvgIpc) is 2.73. The summed E-state index contributed by atoms with van der Waals surface area (Å²) in [5.74, 6) is 0.637. The van der Waals surface area contributed by atoms with Gasteiger partial charge in [-0.25, -0.2) is 8.42 Å². The molecule has 0 fully saturated rings. The molecule has 3 aromatic carbocycles. The minimum atomic E-state index is -3.82. The molecule has 0 spiro atoms. The van der Waals surface area contributed by atoms with Gasteiger partial charge in [0.2, 0.25) is 0 Å². The molecular weight excluding hydrogens is 404 g/mol. The normalized spacial score (nSPS) is 12.8. The standard InChI is InChI=1S/C22H20N2O5S/c1-15-3-2-4-18(13-15)23-22(25)16-5-7-17(8-6-16)24-30(26,27)19-9-10-20-21(14-19)29-12-11-28-20/h2-10,13-14,24H,11-12H2,1H3,(H,23,25). The van der Waals surface area contributed by atoms with E-state index in [-0.39, 0.29) is 10.8 Å². The van der Waals surface area contributed by atoms with Gasteiger partial charge in [-0.3, -0.25) is 9.52 Å². The van der Waals surface area contributed by atoms with Gasteiger partial charge in [-0.2, -0.15) is 0 Å². The first-order valence-electron chi connectivity index (χ1n) is 9.31. The summed E-state index contributed by atoms with van der Waals surface area (Å²) in [4.78, 5) is 12.5. The molecule has 0 aromatic heterocycles. The van der Waals surface area contributed by atoms with Gasteiger partial charge in [0.25, 0.3) is 15.9 Å². The summed E-state index contributed by atoms with van der Waals surface area (Å²) in [6.07, 6.45) is 0. The molecule has 0 saturated carbocycles. The number of hydrogen-bond acceptors (Lipinski definition) is 5. The second-order valence-electron chi connectivity index (χ2n) is 6.81. The third kappa shape index (κ3) is 4.38. The number of benzene rings is 3. The maximum absolute atomic E-state index is 12.7. The molecule has 3 aromatic rings. The van der Waals surface area contributed by atoms with Crippen LogP contribution in [0.2, 0.25) is 0 Å². The molecule has 1 amide bonds. The lowest BCUT2D eigenvalue weighted by Gasteiger charge is -2.19. The Hall–Kier alpha value is -3.52. The van der Waals surface area contributed by atoms with Crippen LogP contribution in [0.4, 0.5) is 11.4 Å². The molecule has 30 heavy (non-hydrogen) atoms. The van der Waals surface area contributed by atoms with Crippen LogP contribution in [-0.2, 0) is 10.0 Å². The van der Waals surface area contributed by atoms with Gasteiger partial charge in [-0.05, 0) is 61.0 Å². The highest BCUT2D eigenvalue weighted by atomic mass is 32.2. The van der Waals surface area contributed by atoms with E-state index in [9.17, 15) is 13.2 Å². The zero-order chi connectivity index (χ0) is 21.1. The molecule has 154 valence electrons. The fourth-order valence-corrected chi connectivity index (χ4v) is 4.09. The van der Waals surface area contributed by atoms with E-state index in [1.54, 1.807) is 36.4 Å². The summed E-state index contributed by atoms with van der Waals surface area (Å²) in [7, 11) is -3.82. The highest BCUT2D eigenvalue weighted by Crippen LogP contribution is 2.32. The monoisotopic (exact) mass is 424 g/mol. The highest BCUT2D eigenvalue weighted by Gasteiger charge is 2.19. The van der Waals surface area contributed by atoms with Gasteiger partial charge in [-0.15, -0.1) is 0 Å². The predicted molar refractivity (Wildman–Crippen MR) is 114 cm³/mol. The molecule has 1 aliphatic rings. The molecule has 4 rings (SSSR count). The van der Waals surface area contributed by atoms with E-state index >= 15 is 0 Å². The summed E-state index contributed by atoms with van der Waals surface area (Å²) in [6.45, 7) is 2.75. The lowest BCUT2D eigenvalue weighted by atomic mass is 10.2.